The lowest BCUT2D eigenvalue weighted by Gasteiger charge is -2.57. The van der Waals surface area contributed by atoms with Gasteiger partial charge in [0.25, 0.3) is 0 Å². The maximum absolute atomic E-state index is 12.1. The predicted octanol–water partition coefficient (Wildman–Crippen LogP) is 2.28. The summed E-state index contributed by atoms with van der Waals surface area (Å²) in [6, 6.07) is 0.619. The molecular formula is C13H22FNO. The molecule has 3 unspecified atom stereocenters. The first-order chi connectivity index (χ1) is 7.88. The molecule has 1 saturated heterocycles. The molecule has 2 nitrogen and oxygen atoms in total. The van der Waals surface area contributed by atoms with Crippen molar-refractivity contribution in [3.63, 3.8) is 0 Å². The minimum Gasteiger partial charge on any atom is -0.377 e. The third-order valence-electron chi connectivity index (χ3n) is 4.96. The van der Waals surface area contributed by atoms with Crippen LogP contribution in [0.1, 0.15) is 38.5 Å². The number of hydrogen-bond acceptors (Lipinski definition) is 2. The summed E-state index contributed by atoms with van der Waals surface area (Å²) in [7, 11) is 0. The van der Waals surface area contributed by atoms with Gasteiger partial charge in [-0.2, -0.15) is 0 Å². The monoisotopic (exact) mass is 227 g/mol. The Balaban J connectivity index is 1.65. The zero-order chi connectivity index (χ0) is 11.0. The highest BCUT2D eigenvalue weighted by molar-refractivity contribution is 5.16. The maximum Gasteiger partial charge on any atom is 0.0906 e. The topological polar surface area (TPSA) is 21.3 Å². The van der Waals surface area contributed by atoms with Gasteiger partial charge in [-0.1, -0.05) is 12.8 Å². The summed E-state index contributed by atoms with van der Waals surface area (Å²) < 4.78 is 18.0. The van der Waals surface area contributed by atoms with E-state index >= 15 is 0 Å². The molecule has 3 heteroatoms. The second-order valence-electron chi connectivity index (χ2n) is 5.66. The number of nitrogens with one attached hydrogen (secondary N) is 1. The molecule has 0 aromatic carbocycles. The van der Waals surface area contributed by atoms with Crippen LogP contribution in [0.15, 0.2) is 0 Å². The van der Waals surface area contributed by atoms with Crippen molar-refractivity contribution in [1.82, 2.24) is 5.32 Å². The Bertz CT molecular complexity index is 252. The molecule has 92 valence electrons. The van der Waals surface area contributed by atoms with Crippen LogP contribution in [0.3, 0.4) is 0 Å². The number of alkyl halides is 1. The minimum absolute atomic E-state index is 0.197. The first kappa shape index (κ1) is 11.0. The van der Waals surface area contributed by atoms with E-state index in [0.717, 1.165) is 19.1 Å². The van der Waals surface area contributed by atoms with E-state index in [-0.39, 0.29) is 6.67 Å². The summed E-state index contributed by atoms with van der Waals surface area (Å²) in [5.41, 5.74) is 0.428. The highest BCUT2D eigenvalue weighted by Gasteiger charge is 2.64. The number of halogens is 1. The molecule has 2 aliphatic carbocycles. The minimum atomic E-state index is -0.197. The van der Waals surface area contributed by atoms with E-state index in [9.17, 15) is 4.39 Å². The van der Waals surface area contributed by atoms with Gasteiger partial charge in [-0.05, 0) is 32.2 Å². The van der Waals surface area contributed by atoms with Gasteiger partial charge in [-0.15, -0.1) is 0 Å². The maximum atomic E-state index is 12.1. The summed E-state index contributed by atoms with van der Waals surface area (Å²) in [5.74, 6) is 0.720. The van der Waals surface area contributed by atoms with Crippen molar-refractivity contribution in [3.05, 3.63) is 0 Å². The number of fused-ring (bicyclic) bond motifs is 2. The van der Waals surface area contributed by atoms with Crippen LogP contribution in [-0.2, 0) is 4.74 Å². The van der Waals surface area contributed by atoms with Crippen molar-refractivity contribution in [2.24, 2.45) is 11.3 Å². The van der Waals surface area contributed by atoms with Gasteiger partial charge in [0.15, 0.2) is 0 Å². The van der Waals surface area contributed by atoms with Crippen molar-refractivity contribution >= 4 is 0 Å². The lowest BCUT2D eigenvalue weighted by molar-refractivity contribution is -0.130. The zero-order valence-electron chi connectivity index (χ0n) is 9.88. The Morgan fingerprint density at radius 1 is 1.31 bits per heavy atom. The van der Waals surface area contributed by atoms with Gasteiger partial charge in [0.05, 0.1) is 12.8 Å². The standard InChI is InChI=1S/C13H22FNO/c14-7-3-8-15-11-10-4-9-16-12(10)13(11)5-1-2-6-13/h10-12,15H,1-9H2. The fourth-order valence-electron chi connectivity index (χ4n) is 4.33. The van der Waals surface area contributed by atoms with Gasteiger partial charge >= 0.3 is 0 Å². The molecule has 0 aromatic heterocycles. The molecule has 1 heterocycles. The lowest BCUT2D eigenvalue weighted by atomic mass is 9.54. The van der Waals surface area contributed by atoms with Crippen LogP contribution in [0.5, 0.6) is 0 Å². The average molecular weight is 227 g/mol. The van der Waals surface area contributed by atoms with Crippen molar-refractivity contribution in [3.8, 4) is 0 Å². The SMILES string of the molecule is FCCCNC1C2CCOC2C12CCCC2. The number of hydrogen-bond donors (Lipinski definition) is 1. The van der Waals surface area contributed by atoms with Gasteiger partial charge in [0, 0.05) is 24.0 Å². The first-order valence-electron chi connectivity index (χ1n) is 6.79. The predicted molar refractivity (Wildman–Crippen MR) is 61.1 cm³/mol. The smallest absolute Gasteiger partial charge is 0.0906 e. The van der Waals surface area contributed by atoms with Gasteiger partial charge in [-0.3, -0.25) is 4.39 Å². The van der Waals surface area contributed by atoms with Crippen LogP contribution in [0, 0.1) is 11.3 Å². The van der Waals surface area contributed by atoms with Gasteiger partial charge < -0.3 is 10.1 Å². The molecule has 1 N–H and O–H groups in total. The Morgan fingerprint density at radius 3 is 2.88 bits per heavy atom. The molecule has 0 bridgehead atoms. The van der Waals surface area contributed by atoms with E-state index in [1.54, 1.807) is 0 Å². The molecule has 0 aromatic rings. The van der Waals surface area contributed by atoms with Crippen molar-refractivity contribution in [2.75, 3.05) is 19.8 Å². The Morgan fingerprint density at radius 2 is 2.12 bits per heavy atom. The Labute approximate surface area is 96.9 Å². The van der Waals surface area contributed by atoms with Crippen LogP contribution in [0.2, 0.25) is 0 Å². The number of rotatable bonds is 4. The van der Waals surface area contributed by atoms with Gasteiger partial charge in [0.1, 0.15) is 0 Å². The molecule has 1 aliphatic heterocycles. The summed E-state index contributed by atoms with van der Waals surface area (Å²) in [6.45, 7) is 1.59. The molecular weight excluding hydrogens is 205 g/mol. The third kappa shape index (κ3) is 1.44. The second kappa shape index (κ2) is 4.26. The zero-order valence-corrected chi connectivity index (χ0v) is 9.88. The molecule has 2 saturated carbocycles. The van der Waals surface area contributed by atoms with Crippen LogP contribution in [0.25, 0.3) is 0 Å². The molecule has 3 rings (SSSR count). The molecule has 3 fully saturated rings. The van der Waals surface area contributed by atoms with E-state index in [1.807, 2.05) is 0 Å². The van der Waals surface area contributed by atoms with E-state index < -0.39 is 0 Å². The fraction of sp³-hybridized carbons (Fsp3) is 1.00. The first-order valence-corrected chi connectivity index (χ1v) is 6.79. The van der Waals surface area contributed by atoms with Crippen molar-refractivity contribution in [2.45, 2.75) is 50.7 Å². The Hall–Kier alpha value is -0.150. The highest BCUT2D eigenvalue weighted by Crippen LogP contribution is 2.60. The quantitative estimate of drug-likeness (QED) is 0.744. The van der Waals surface area contributed by atoms with E-state index in [4.69, 9.17) is 4.74 Å². The second-order valence-corrected chi connectivity index (χ2v) is 5.66. The largest absolute Gasteiger partial charge is 0.377 e. The normalized spacial score (nSPS) is 39.9. The summed E-state index contributed by atoms with van der Waals surface area (Å²) in [6.07, 6.45) is 7.74. The van der Waals surface area contributed by atoms with Crippen LogP contribution < -0.4 is 5.32 Å². The van der Waals surface area contributed by atoms with Crippen molar-refractivity contribution in [1.29, 1.82) is 0 Å². The molecule has 0 radical (unpaired) electrons. The van der Waals surface area contributed by atoms with Crippen LogP contribution in [-0.4, -0.2) is 32.0 Å². The van der Waals surface area contributed by atoms with Gasteiger partial charge in [0.2, 0.25) is 0 Å². The van der Waals surface area contributed by atoms with Crippen molar-refractivity contribution < 1.29 is 9.13 Å². The third-order valence-corrected chi connectivity index (χ3v) is 4.96. The summed E-state index contributed by atoms with van der Waals surface area (Å²) in [4.78, 5) is 0. The Kier molecular flexibility index (Phi) is 2.92. The summed E-state index contributed by atoms with van der Waals surface area (Å²) >= 11 is 0. The fourth-order valence-corrected chi connectivity index (χ4v) is 4.33. The van der Waals surface area contributed by atoms with E-state index in [1.165, 1.54) is 32.1 Å². The molecule has 3 atom stereocenters. The van der Waals surface area contributed by atoms with Crippen LogP contribution in [0.4, 0.5) is 4.39 Å². The lowest BCUT2D eigenvalue weighted by Crippen LogP contribution is -2.67. The highest BCUT2D eigenvalue weighted by atomic mass is 19.1. The molecule has 16 heavy (non-hydrogen) atoms. The average Bonchev–Trinajstić information content (AvgIpc) is 2.91. The van der Waals surface area contributed by atoms with Gasteiger partial charge in [-0.25, -0.2) is 0 Å². The van der Waals surface area contributed by atoms with E-state index in [2.05, 4.69) is 5.32 Å². The molecule has 1 spiro atoms. The molecule has 0 amide bonds. The number of ether oxygens (including phenoxy) is 1. The summed E-state index contributed by atoms with van der Waals surface area (Å²) in [5, 5.41) is 3.60. The van der Waals surface area contributed by atoms with E-state index in [0.29, 0.717) is 24.0 Å². The molecule has 3 aliphatic rings. The van der Waals surface area contributed by atoms with Crippen LogP contribution >= 0.6 is 0 Å².